The zero-order valence-electron chi connectivity index (χ0n) is 14.4. The third-order valence-electron chi connectivity index (χ3n) is 3.62. The number of ether oxygens (including phenoxy) is 2. The molecule has 1 rings (SSSR count). The summed E-state index contributed by atoms with van der Waals surface area (Å²) in [5.41, 5.74) is 0.674. The molecule has 0 aliphatic heterocycles. The Labute approximate surface area is 143 Å². The molecule has 1 unspecified atom stereocenters. The highest BCUT2D eigenvalue weighted by Crippen LogP contribution is 2.14. The van der Waals surface area contributed by atoms with Crippen molar-refractivity contribution in [3.63, 3.8) is 0 Å². The lowest BCUT2D eigenvalue weighted by molar-refractivity contribution is -0.144. The number of aromatic carboxylic acids is 1. The molecule has 1 aromatic carbocycles. The Kier molecular flexibility index (Phi) is 8.61. The predicted octanol–water partition coefficient (Wildman–Crippen LogP) is 4.22. The molecular formula is C19H26O5. The minimum absolute atomic E-state index is 0.0568. The van der Waals surface area contributed by atoms with Crippen LogP contribution in [0, 0.1) is 0 Å². The van der Waals surface area contributed by atoms with Gasteiger partial charge in [0.2, 0.25) is 0 Å². The van der Waals surface area contributed by atoms with Crippen LogP contribution in [0.15, 0.2) is 36.4 Å². The van der Waals surface area contributed by atoms with Crippen molar-refractivity contribution in [3.05, 3.63) is 42.0 Å². The summed E-state index contributed by atoms with van der Waals surface area (Å²) in [6, 6.07) is 6.38. The van der Waals surface area contributed by atoms with Gasteiger partial charge in [-0.15, -0.1) is 0 Å². The molecule has 5 nitrogen and oxygen atoms in total. The SMILES string of the molecule is C=C(C)C(=O)OC(CC)CCCCCOc1ccc(C(=O)O)cc1. The number of benzene rings is 1. The van der Waals surface area contributed by atoms with Crippen LogP contribution in [0.25, 0.3) is 0 Å². The molecule has 0 bridgehead atoms. The molecule has 0 radical (unpaired) electrons. The maximum absolute atomic E-state index is 11.5. The van der Waals surface area contributed by atoms with Gasteiger partial charge in [-0.05, 0) is 63.3 Å². The van der Waals surface area contributed by atoms with Crippen LogP contribution in [0.1, 0.15) is 56.3 Å². The van der Waals surface area contributed by atoms with Crippen LogP contribution in [-0.4, -0.2) is 29.8 Å². The fourth-order valence-corrected chi connectivity index (χ4v) is 2.13. The van der Waals surface area contributed by atoms with Crippen LogP contribution in [0.5, 0.6) is 5.75 Å². The summed E-state index contributed by atoms with van der Waals surface area (Å²) in [5.74, 6) is -0.601. The topological polar surface area (TPSA) is 72.8 Å². The second kappa shape index (κ2) is 10.5. The van der Waals surface area contributed by atoms with Crippen molar-refractivity contribution in [2.75, 3.05) is 6.61 Å². The Morgan fingerprint density at radius 2 is 1.83 bits per heavy atom. The number of esters is 1. The van der Waals surface area contributed by atoms with E-state index in [1.165, 1.54) is 12.1 Å². The van der Waals surface area contributed by atoms with E-state index in [1.54, 1.807) is 19.1 Å². The second-order valence-electron chi connectivity index (χ2n) is 5.74. The van der Waals surface area contributed by atoms with Gasteiger partial charge >= 0.3 is 11.9 Å². The van der Waals surface area contributed by atoms with Gasteiger partial charge in [-0.3, -0.25) is 0 Å². The Bertz CT molecular complexity index is 547. The molecule has 24 heavy (non-hydrogen) atoms. The molecule has 1 N–H and O–H groups in total. The lowest BCUT2D eigenvalue weighted by atomic mass is 10.1. The molecule has 5 heteroatoms. The largest absolute Gasteiger partial charge is 0.494 e. The van der Waals surface area contributed by atoms with Gasteiger partial charge in [-0.2, -0.15) is 0 Å². The zero-order valence-corrected chi connectivity index (χ0v) is 14.4. The third kappa shape index (κ3) is 7.31. The quantitative estimate of drug-likeness (QED) is 0.372. The number of hydrogen-bond donors (Lipinski definition) is 1. The van der Waals surface area contributed by atoms with E-state index in [9.17, 15) is 9.59 Å². The Hall–Kier alpha value is -2.30. The number of carbonyl (C=O) groups is 2. The lowest BCUT2D eigenvalue weighted by Crippen LogP contribution is -2.17. The molecule has 0 amide bonds. The van der Waals surface area contributed by atoms with Gasteiger partial charge < -0.3 is 14.6 Å². The van der Waals surface area contributed by atoms with Gasteiger partial charge in [-0.25, -0.2) is 9.59 Å². The number of rotatable bonds is 11. The summed E-state index contributed by atoms with van der Waals surface area (Å²) in [5, 5.41) is 8.82. The second-order valence-corrected chi connectivity index (χ2v) is 5.74. The van der Waals surface area contributed by atoms with Crippen molar-refractivity contribution in [1.82, 2.24) is 0 Å². The van der Waals surface area contributed by atoms with Crippen molar-refractivity contribution < 1.29 is 24.2 Å². The molecule has 0 fully saturated rings. The summed E-state index contributed by atoms with van der Waals surface area (Å²) in [6.07, 6.45) is 4.41. The van der Waals surface area contributed by atoms with Gasteiger partial charge in [0.05, 0.1) is 12.2 Å². The molecule has 0 aliphatic rings. The Morgan fingerprint density at radius 1 is 1.17 bits per heavy atom. The highest BCUT2D eigenvalue weighted by atomic mass is 16.5. The number of carboxylic acids is 1. The van der Waals surface area contributed by atoms with E-state index in [0.717, 1.165) is 32.1 Å². The van der Waals surface area contributed by atoms with Gasteiger partial charge in [0.15, 0.2) is 0 Å². The number of carbonyl (C=O) groups excluding carboxylic acids is 1. The molecule has 1 aromatic rings. The molecule has 0 aromatic heterocycles. The van der Waals surface area contributed by atoms with E-state index < -0.39 is 5.97 Å². The van der Waals surface area contributed by atoms with Crippen LogP contribution >= 0.6 is 0 Å². The van der Waals surface area contributed by atoms with Gasteiger partial charge in [0.1, 0.15) is 11.9 Å². The monoisotopic (exact) mass is 334 g/mol. The fourth-order valence-electron chi connectivity index (χ4n) is 2.13. The van der Waals surface area contributed by atoms with Crippen molar-refractivity contribution in [2.24, 2.45) is 0 Å². The van der Waals surface area contributed by atoms with E-state index in [4.69, 9.17) is 14.6 Å². The summed E-state index contributed by atoms with van der Waals surface area (Å²) >= 11 is 0. The summed E-state index contributed by atoms with van der Waals surface area (Å²) in [4.78, 5) is 22.2. The van der Waals surface area contributed by atoms with E-state index in [-0.39, 0.29) is 17.6 Å². The fraction of sp³-hybridized carbons (Fsp3) is 0.474. The molecule has 0 spiro atoms. The summed E-state index contributed by atoms with van der Waals surface area (Å²) < 4.78 is 10.9. The lowest BCUT2D eigenvalue weighted by Gasteiger charge is -2.16. The first kappa shape index (κ1) is 19.7. The van der Waals surface area contributed by atoms with E-state index in [1.807, 2.05) is 6.92 Å². The Morgan fingerprint density at radius 3 is 2.38 bits per heavy atom. The maximum Gasteiger partial charge on any atom is 0.335 e. The molecule has 0 aliphatic carbocycles. The molecular weight excluding hydrogens is 308 g/mol. The minimum Gasteiger partial charge on any atom is -0.494 e. The standard InChI is InChI=1S/C19H26O5/c1-4-16(24-19(22)14(2)3)8-6-5-7-13-23-17-11-9-15(10-12-17)18(20)21/h9-12,16H,2,4-8,13H2,1,3H3,(H,20,21). The average molecular weight is 334 g/mol. The third-order valence-corrected chi connectivity index (χ3v) is 3.62. The first-order valence-electron chi connectivity index (χ1n) is 8.26. The molecule has 0 saturated heterocycles. The van der Waals surface area contributed by atoms with Crippen LogP contribution in [0.4, 0.5) is 0 Å². The number of unbranched alkanes of at least 4 members (excludes halogenated alkanes) is 2. The Balaban J connectivity index is 2.18. The highest BCUT2D eigenvalue weighted by Gasteiger charge is 2.12. The number of carboxylic acid groups (broad SMARTS) is 1. The summed E-state index contributed by atoms with van der Waals surface area (Å²) in [6.45, 7) is 7.81. The number of hydrogen-bond acceptors (Lipinski definition) is 4. The van der Waals surface area contributed by atoms with Crippen molar-refractivity contribution in [1.29, 1.82) is 0 Å². The van der Waals surface area contributed by atoms with Crippen LogP contribution in [0.3, 0.4) is 0 Å². The van der Waals surface area contributed by atoms with Crippen LogP contribution in [0.2, 0.25) is 0 Å². The minimum atomic E-state index is -0.945. The van der Waals surface area contributed by atoms with Crippen molar-refractivity contribution in [3.8, 4) is 5.75 Å². The van der Waals surface area contributed by atoms with Gasteiger partial charge in [-0.1, -0.05) is 13.5 Å². The predicted molar refractivity (Wildman–Crippen MR) is 92.3 cm³/mol. The van der Waals surface area contributed by atoms with E-state index in [2.05, 4.69) is 6.58 Å². The van der Waals surface area contributed by atoms with Crippen LogP contribution < -0.4 is 4.74 Å². The first-order valence-corrected chi connectivity index (χ1v) is 8.26. The first-order chi connectivity index (χ1) is 11.4. The zero-order chi connectivity index (χ0) is 17.9. The van der Waals surface area contributed by atoms with Gasteiger partial charge in [0.25, 0.3) is 0 Å². The summed E-state index contributed by atoms with van der Waals surface area (Å²) in [7, 11) is 0. The van der Waals surface area contributed by atoms with Crippen LogP contribution in [-0.2, 0) is 9.53 Å². The van der Waals surface area contributed by atoms with E-state index in [0.29, 0.717) is 17.9 Å². The normalized spacial score (nSPS) is 11.6. The smallest absolute Gasteiger partial charge is 0.335 e. The molecule has 0 saturated carbocycles. The van der Waals surface area contributed by atoms with E-state index >= 15 is 0 Å². The van der Waals surface area contributed by atoms with Crippen molar-refractivity contribution >= 4 is 11.9 Å². The molecule has 132 valence electrons. The van der Waals surface area contributed by atoms with Gasteiger partial charge in [0, 0.05) is 5.57 Å². The average Bonchev–Trinajstić information content (AvgIpc) is 2.56. The maximum atomic E-state index is 11.5. The molecule has 1 atom stereocenters. The molecule has 0 heterocycles. The van der Waals surface area contributed by atoms with Crippen molar-refractivity contribution in [2.45, 2.75) is 52.1 Å². The highest BCUT2D eigenvalue weighted by molar-refractivity contribution is 5.87.